The summed E-state index contributed by atoms with van der Waals surface area (Å²) in [4.78, 5) is 0. The van der Waals surface area contributed by atoms with Gasteiger partial charge in [-0.1, -0.05) is 12.2 Å². The maximum Gasteiger partial charge on any atom is 0.146 e. The maximum atomic E-state index is 5.79. The van der Waals surface area contributed by atoms with Gasteiger partial charge in [0.05, 0.1) is 6.10 Å². The summed E-state index contributed by atoms with van der Waals surface area (Å²) in [6.45, 7) is 0.339. The lowest BCUT2D eigenvalue weighted by molar-refractivity contribution is -0.0791. The average Bonchev–Trinajstić information content (AvgIpc) is 2.03. The Labute approximate surface area is 67.2 Å². The van der Waals surface area contributed by atoms with Crippen molar-refractivity contribution in [3.05, 3.63) is 12.2 Å². The summed E-state index contributed by atoms with van der Waals surface area (Å²) < 4.78 is 10.1. The predicted molar refractivity (Wildman–Crippen MR) is 43.1 cm³/mol. The van der Waals surface area contributed by atoms with Crippen molar-refractivity contribution in [1.29, 1.82) is 0 Å². The molecule has 11 heavy (non-hydrogen) atoms. The molecule has 2 unspecified atom stereocenters. The zero-order valence-corrected chi connectivity index (χ0v) is 6.82. The zero-order valence-electron chi connectivity index (χ0n) is 6.82. The summed E-state index contributed by atoms with van der Waals surface area (Å²) in [5.41, 5.74) is 5.79. The fourth-order valence-corrected chi connectivity index (χ4v) is 1.16. The van der Waals surface area contributed by atoms with E-state index in [-0.39, 0.29) is 12.1 Å². The lowest BCUT2D eigenvalue weighted by Gasteiger charge is -2.24. The van der Waals surface area contributed by atoms with Crippen molar-refractivity contribution in [1.82, 2.24) is 0 Å². The van der Waals surface area contributed by atoms with Gasteiger partial charge in [-0.2, -0.15) is 0 Å². The van der Waals surface area contributed by atoms with E-state index in [2.05, 4.69) is 12.2 Å². The van der Waals surface area contributed by atoms with Gasteiger partial charge in [0.25, 0.3) is 0 Å². The molecule has 1 rings (SSSR count). The zero-order chi connectivity index (χ0) is 8.10. The first-order valence-corrected chi connectivity index (χ1v) is 3.85. The minimum absolute atomic E-state index is 0.134. The van der Waals surface area contributed by atoms with Crippen molar-refractivity contribution in [3.8, 4) is 0 Å². The molecule has 0 aromatic carbocycles. The highest BCUT2D eigenvalue weighted by atomic mass is 16.7. The van der Waals surface area contributed by atoms with Crippen LogP contribution in [0.15, 0.2) is 12.2 Å². The van der Waals surface area contributed by atoms with E-state index in [0.29, 0.717) is 6.79 Å². The number of ether oxygens (including phenoxy) is 2. The molecule has 0 amide bonds. The van der Waals surface area contributed by atoms with Gasteiger partial charge in [0.1, 0.15) is 6.79 Å². The van der Waals surface area contributed by atoms with E-state index in [1.807, 2.05) is 0 Å². The SMILES string of the molecule is COCOC1CC=CCC1N. The Morgan fingerprint density at radius 2 is 2.18 bits per heavy atom. The van der Waals surface area contributed by atoms with Crippen molar-refractivity contribution in [2.24, 2.45) is 5.73 Å². The molecule has 0 fully saturated rings. The Hall–Kier alpha value is -0.380. The highest BCUT2D eigenvalue weighted by Gasteiger charge is 2.18. The van der Waals surface area contributed by atoms with Gasteiger partial charge < -0.3 is 15.2 Å². The van der Waals surface area contributed by atoms with Crippen LogP contribution in [0.1, 0.15) is 12.8 Å². The summed E-state index contributed by atoms with van der Waals surface area (Å²) in [5.74, 6) is 0. The van der Waals surface area contributed by atoms with E-state index in [0.717, 1.165) is 12.8 Å². The van der Waals surface area contributed by atoms with Crippen LogP contribution in [0.3, 0.4) is 0 Å². The molecule has 0 bridgehead atoms. The quantitative estimate of drug-likeness (QED) is 0.483. The van der Waals surface area contributed by atoms with Gasteiger partial charge in [-0.3, -0.25) is 0 Å². The van der Waals surface area contributed by atoms with Crippen LogP contribution >= 0.6 is 0 Å². The molecule has 2 N–H and O–H groups in total. The Kier molecular flexibility index (Phi) is 3.56. The van der Waals surface area contributed by atoms with Crippen LogP contribution in [-0.2, 0) is 9.47 Å². The van der Waals surface area contributed by atoms with Gasteiger partial charge in [0, 0.05) is 13.2 Å². The molecule has 0 radical (unpaired) electrons. The minimum atomic E-state index is 0.134. The third-order valence-corrected chi connectivity index (χ3v) is 1.82. The molecule has 1 aliphatic carbocycles. The Bertz CT molecular complexity index is 136. The summed E-state index contributed by atoms with van der Waals surface area (Å²) in [5, 5.41) is 0. The van der Waals surface area contributed by atoms with Gasteiger partial charge in [-0.25, -0.2) is 0 Å². The molecule has 3 heteroatoms. The molecule has 1 aliphatic rings. The van der Waals surface area contributed by atoms with Crippen molar-refractivity contribution in [2.75, 3.05) is 13.9 Å². The maximum absolute atomic E-state index is 5.79. The van der Waals surface area contributed by atoms with Crippen LogP contribution in [0.25, 0.3) is 0 Å². The molecule has 0 heterocycles. The van der Waals surface area contributed by atoms with E-state index in [1.54, 1.807) is 7.11 Å². The first kappa shape index (κ1) is 8.71. The smallest absolute Gasteiger partial charge is 0.146 e. The van der Waals surface area contributed by atoms with E-state index >= 15 is 0 Å². The molecule has 2 atom stereocenters. The minimum Gasteiger partial charge on any atom is -0.359 e. The topological polar surface area (TPSA) is 44.5 Å². The first-order chi connectivity index (χ1) is 5.34. The molecule has 0 spiro atoms. The fraction of sp³-hybridized carbons (Fsp3) is 0.750. The number of methoxy groups -OCH3 is 1. The second-order valence-electron chi connectivity index (χ2n) is 2.72. The van der Waals surface area contributed by atoms with Crippen molar-refractivity contribution in [3.63, 3.8) is 0 Å². The van der Waals surface area contributed by atoms with Gasteiger partial charge in [0.2, 0.25) is 0 Å². The fourth-order valence-electron chi connectivity index (χ4n) is 1.16. The van der Waals surface area contributed by atoms with Crippen LogP contribution < -0.4 is 5.73 Å². The van der Waals surface area contributed by atoms with Gasteiger partial charge in [-0.05, 0) is 12.8 Å². The third-order valence-electron chi connectivity index (χ3n) is 1.82. The van der Waals surface area contributed by atoms with Crippen LogP contribution in [0, 0.1) is 0 Å². The number of rotatable bonds is 3. The van der Waals surface area contributed by atoms with Crippen LogP contribution in [-0.4, -0.2) is 26.0 Å². The first-order valence-electron chi connectivity index (χ1n) is 3.85. The lowest BCUT2D eigenvalue weighted by Crippen LogP contribution is -2.38. The summed E-state index contributed by atoms with van der Waals surface area (Å²) in [6, 6.07) is 0.134. The van der Waals surface area contributed by atoms with E-state index in [1.165, 1.54) is 0 Å². The molecule has 0 saturated carbocycles. The molecule has 0 aromatic heterocycles. The average molecular weight is 157 g/mol. The Morgan fingerprint density at radius 1 is 1.45 bits per heavy atom. The third kappa shape index (κ3) is 2.61. The molecular formula is C8H15NO2. The van der Waals surface area contributed by atoms with Gasteiger partial charge in [-0.15, -0.1) is 0 Å². The van der Waals surface area contributed by atoms with Gasteiger partial charge in [0.15, 0.2) is 0 Å². The lowest BCUT2D eigenvalue weighted by atomic mass is 10.00. The summed E-state index contributed by atoms with van der Waals surface area (Å²) >= 11 is 0. The molecule has 0 aromatic rings. The van der Waals surface area contributed by atoms with Crippen LogP contribution in [0.2, 0.25) is 0 Å². The molecule has 0 aliphatic heterocycles. The van der Waals surface area contributed by atoms with Crippen molar-refractivity contribution >= 4 is 0 Å². The number of hydrogen-bond donors (Lipinski definition) is 1. The van der Waals surface area contributed by atoms with E-state index in [9.17, 15) is 0 Å². The van der Waals surface area contributed by atoms with Gasteiger partial charge >= 0.3 is 0 Å². The normalized spacial score (nSPS) is 30.7. The van der Waals surface area contributed by atoms with Crippen LogP contribution in [0.5, 0.6) is 0 Å². The summed E-state index contributed by atoms with van der Waals surface area (Å²) in [6.07, 6.45) is 6.15. The largest absolute Gasteiger partial charge is 0.359 e. The highest BCUT2D eigenvalue weighted by molar-refractivity contribution is 4.97. The Morgan fingerprint density at radius 3 is 2.82 bits per heavy atom. The van der Waals surface area contributed by atoms with Crippen LogP contribution in [0.4, 0.5) is 0 Å². The molecule has 0 saturated heterocycles. The standard InChI is InChI=1S/C8H15NO2/c1-10-6-11-8-5-3-2-4-7(8)9/h2-3,7-8H,4-6,9H2,1H3. The predicted octanol–water partition coefficient (Wildman–Crippen LogP) is 0.653. The number of hydrogen-bond acceptors (Lipinski definition) is 3. The van der Waals surface area contributed by atoms with Crippen molar-refractivity contribution in [2.45, 2.75) is 25.0 Å². The molecule has 3 nitrogen and oxygen atoms in total. The van der Waals surface area contributed by atoms with Crippen molar-refractivity contribution < 1.29 is 9.47 Å². The summed E-state index contributed by atoms with van der Waals surface area (Å²) in [7, 11) is 1.62. The second kappa shape index (κ2) is 4.49. The number of nitrogens with two attached hydrogens (primary N) is 1. The second-order valence-corrected chi connectivity index (χ2v) is 2.72. The highest BCUT2D eigenvalue weighted by Crippen LogP contribution is 2.13. The Balaban J connectivity index is 2.26. The molecule has 64 valence electrons. The van der Waals surface area contributed by atoms with E-state index < -0.39 is 0 Å². The monoisotopic (exact) mass is 157 g/mol. The van der Waals surface area contributed by atoms with E-state index in [4.69, 9.17) is 15.2 Å². The molecular weight excluding hydrogens is 142 g/mol.